The van der Waals surface area contributed by atoms with Crippen LogP contribution in [0.1, 0.15) is 0 Å². The molecule has 4 nitrogen and oxygen atoms in total. The Hall–Kier alpha value is -1.19. The second-order valence-electron chi connectivity index (χ2n) is 1.24. The van der Waals surface area contributed by atoms with Crippen LogP contribution in [-0.4, -0.2) is 5.21 Å². The van der Waals surface area contributed by atoms with Gasteiger partial charge in [0, 0.05) is 0 Å². The van der Waals surface area contributed by atoms with Gasteiger partial charge in [-0.3, -0.25) is 0 Å². The summed E-state index contributed by atoms with van der Waals surface area (Å²) in [5.74, 6) is 0. The van der Waals surface area contributed by atoms with E-state index in [1.807, 2.05) is 0 Å². The molecule has 0 aromatic carbocycles. The van der Waals surface area contributed by atoms with Crippen molar-refractivity contribution in [3.05, 3.63) is 19.1 Å². The first-order valence-electron chi connectivity index (χ1n) is 1.84. The fraction of sp³-hybridized carbons (Fsp3) is 0. The van der Waals surface area contributed by atoms with Crippen molar-refractivity contribution in [2.45, 2.75) is 0 Å². The molecule has 0 saturated carbocycles. The van der Waals surface area contributed by atoms with E-state index in [-0.39, 0.29) is 0 Å². The molecule has 0 spiro atoms. The lowest BCUT2D eigenvalue weighted by Gasteiger charge is -1.45. The number of aromatic amines is 1. The van der Waals surface area contributed by atoms with Crippen molar-refractivity contribution in [3.63, 3.8) is 0 Å². The van der Waals surface area contributed by atoms with Crippen LogP contribution in [0, 0.1) is 12.2 Å². The SMILES string of the molecule is C=[n+]1cc[n+](=N)[nH]1. The molecule has 1 heterocycles. The maximum atomic E-state index is 6.82. The third-order valence-corrected chi connectivity index (χ3v) is 0.632. The molecule has 4 heteroatoms. The van der Waals surface area contributed by atoms with Crippen LogP contribution in [0.25, 0.3) is 0 Å². The van der Waals surface area contributed by atoms with E-state index in [1.54, 1.807) is 12.4 Å². The van der Waals surface area contributed by atoms with Gasteiger partial charge in [-0.1, -0.05) is 0 Å². The molecule has 1 aromatic rings. The first-order valence-corrected chi connectivity index (χ1v) is 1.84. The lowest BCUT2D eigenvalue weighted by Crippen LogP contribution is -2.24. The highest BCUT2D eigenvalue weighted by Gasteiger charge is 1.89. The third-order valence-electron chi connectivity index (χ3n) is 0.632. The summed E-state index contributed by atoms with van der Waals surface area (Å²) < 4.78 is 2.50. The maximum Gasteiger partial charge on any atom is 0.301 e. The van der Waals surface area contributed by atoms with Crippen LogP contribution in [0.5, 0.6) is 0 Å². The third kappa shape index (κ3) is 0.623. The first-order chi connectivity index (χ1) is 3.29. The Labute approximate surface area is 39.8 Å². The minimum atomic E-state index is 1.06. The van der Waals surface area contributed by atoms with Gasteiger partial charge in [0.2, 0.25) is 0 Å². The van der Waals surface area contributed by atoms with Crippen molar-refractivity contribution in [3.8, 4) is 0 Å². The van der Waals surface area contributed by atoms with Gasteiger partial charge in [0.15, 0.2) is 6.72 Å². The van der Waals surface area contributed by atoms with E-state index in [2.05, 4.69) is 11.9 Å². The van der Waals surface area contributed by atoms with Crippen molar-refractivity contribution >= 4 is 0 Å². The number of nitrogens with zero attached hydrogens (tertiary/aromatic N) is 2. The predicted octanol–water partition coefficient (Wildman–Crippen LogP) is -1.16. The molecule has 7 heavy (non-hydrogen) atoms. The van der Waals surface area contributed by atoms with E-state index in [1.165, 1.54) is 4.36 Å². The molecule has 1 aromatic heterocycles. The Morgan fingerprint density at radius 2 is 2.29 bits per heavy atom. The van der Waals surface area contributed by atoms with Crippen LogP contribution in [0.3, 0.4) is 0 Å². The van der Waals surface area contributed by atoms with E-state index in [0.29, 0.717) is 0 Å². The summed E-state index contributed by atoms with van der Waals surface area (Å²) in [5, 5.41) is 2.53. The van der Waals surface area contributed by atoms with Crippen LogP contribution >= 0.6 is 0 Å². The molecule has 0 amide bonds. The van der Waals surface area contributed by atoms with E-state index < -0.39 is 0 Å². The van der Waals surface area contributed by atoms with Gasteiger partial charge < -0.3 is 0 Å². The van der Waals surface area contributed by atoms with E-state index >= 15 is 0 Å². The van der Waals surface area contributed by atoms with Crippen LogP contribution < -0.4 is 8.84 Å². The monoisotopic (exact) mass is 98.1 g/mol. The zero-order valence-corrected chi connectivity index (χ0v) is 3.76. The Morgan fingerprint density at radius 1 is 1.57 bits per heavy atom. The van der Waals surface area contributed by atoms with Crippen molar-refractivity contribution in [1.29, 1.82) is 5.53 Å². The van der Waals surface area contributed by atoms with Crippen LogP contribution in [0.2, 0.25) is 0 Å². The average Bonchev–Trinajstić information content (AvgIpc) is 1.87. The highest BCUT2D eigenvalue weighted by atomic mass is 15.4. The number of rotatable bonds is 0. The van der Waals surface area contributed by atoms with Gasteiger partial charge in [-0.05, 0) is 9.89 Å². The van der Waals surface area contributed by atoms with Gasteiger partial charge in [-0.2, -0.15) is 0 Å². The topological polar surface area (TPSA) is 51.4 Å². The van der Waals surface area contributed by atoms with Crippen LogP contribution in [-0.2, 0) is 0 Å². The second-order valence-corrected chi connectivity index (χ2v) is 1.24. The van der Waals surface area contributed by atoms with Gasteiger partial charge in [0.1, 0.15) is 0 Å². The minimum Gasteiger partial charge on any atom is -0.0352 e. The largest absolute Gasteiger partial charge is 0.301 e. The second kappa shape index (κ2) is 1.14. The number of nitrogens with one attached hydrogen (secondary N) is 2. The standard InChI is InChI=1S/C3H6N4/c1-6-2-3-7(4)5-6/h2-3H,1H2,(H2,4,5)/q+2. The molecule has 0 radical (unpaired) electrons. The van der Waals surface area contributed by atoms with Crippen molar-refractivity contribution in [1.82, 2.24) is 5.21 Å². The molecule has 0 fully saturated rings. The number of H-pyrrole nitrogens is 1. The van der Waals surface area contributed by atoms with Crippen molar-refractivity contribution < 1.29 is 8.84 Å². The molecular weight excluding hydrogens is 92.1 g/mol. The van der Waals surface area contributed by atoms with E-state index in [4.69, 9.17) is 5.53 Å². The molecule has 0 unspecified atom stereocenters. The Balaban J connectivity index is 3.59. The highest BCUT2D eigenvalue weighted by molar-refractivity contribution is 4.36. The number of aromatic nitrogens is 3. The molecule has 2 N–H and O–H groups in total. The Bertz CT molecular complexity index is 211. The van der Waals surface area contributed by atoms with E-state index in [0.717, 1.165) is 4.48 Å². The number of hydrogen-bond donors (Lipinski definition) is 2. The summed E-state index contributed by atoms with van der Waals surface area (Å²) in [5.41, 5.74) is 6.82. The molecule has 0 aliphatic rings. The quantitative estimate of drug-likeness (QED) is 0.385. The average molecular weight is 98.1 g/mol. The molecule has 0 atom stereocenters. The minimum absolute atomic E-state index is 1.06. The molecule has 36 valence electrons. The fourth-order valence-corrected chi connectivity index (χ4v) is 0.352. The Morgan fingerprint density at radius 3 is 2.43 bits per heavy atom. The lowest BCUT2D eigenvalue weighted by molar-refractivity contribution is -0.752. The zero-order chi connectivity index (χ0) is 5.28. The normalized spacial score (nSPS) is 9.14. The number of hydrogen-bond acceptors (Lipinski definition) is 1. The van der Waals surface area contributed by atoms with E-state index in [9.17, 15) is 0 Å². The molecule has 0 aliphatic carbocycles. The van der Waals surface area contributed by atoms with Crippen molar-refractivity contribution in [2.24, 2.45) is 0 Å². The Kier molecular flexibility index (Phi) is 0.651. The summed E-state index contributed by atoms with van der Waals surface area (Å²) in [6.07, 6.45) is 3.19. The molecule has 0 saturated heterocycles. The summed E-state index contributed by atoms with van der Waals surface area (Å²) in [6, 6.07) is 0. The van der Waals surface area contributed by atoms with Crippen LogP contribution in [0.4, 0.5) is 0 Å². The molecular formula is C3H6N4+2. The predicted molar refractivity (Wildman–Crippen MR) is 20.1 cm³/mol. The molecule has 0 aliphatic heterocycles. The van der Waals surface area contributed by atoms with Gasteiger partial charge in [-0.25, -0.2) is 0 Å². The summed E-state index contributed by atoms with van der Waals surface area (Å²) in [4.78, 5) is 0. The van der Waals surface area contributed by atoms with Crippen molar-refractivity contribution in [2.75, 3.05) is 0 Å². The van der Waals surface area contributed by atoms with Gasteiger partial charge >= 0.3 is 6.20 Å². The summed E-state index contributed by atoms with van der Waals surface area (Å²) in [7, 11) is 0. The van der Waals surface area contributed by atoms with Gasteiger partial charge in [0.25, 0.3) is 6.20 Å². The summed E-state index contributed by atoms with van der Waals surface area (Å²) >= 11 is 0. The van der Waals surface area contributed by atoms with Gasteiger partial charge in [-0.15, -0.1) is 0 Å². The molecule has 1 rings (SSSR count). The van der Waals surface area contributed by atoms with Gasteiger partial charge in [0.05, 0.1) is 9.69 Å². The van der Waals surface area contributed by atoms with Crippen LogP contribution in [0.15, 0.2) is 12.4 Å². The lowest BCUT2D eigenvalue weighted by atomic mass is 11.0. The highest BCUT2D eigenvalue weighted by Crippen LogP contribution is 1.44. The fourth-order valence-electron chi connectivity index (χ4n) is 0.352. The maximum absolute atomic E-state index is 6.82. The summed E-state index contributed by atoms with van der Waals surface area (Å²) in [6.45, 7) is 3.46. The molecule has 0 bridgehead atoms. The smallest absolute Gasteiger partial charge is 0.0352 e. The first kappa shape index (κ1) is 3.98. The zero-order valence-electron chi connectivity index (χ0n) is 3.76.